The lowest BCUT2D eigenvalue weighted by atomic mass is 9.79. The Morgan fingerprint density at radius 2 is 2.04 bits per heavy atom. The Balaban J connectivity index is 1.41. The largest absolute Gasteiger partial charge is 0.445 e. The van der Waals surface area contributed by atoms with Gasteiger partial charge >= 0.3 is 0 Å². The summed E-state index contributed by atoms with van der Waals surface area (Å²) < 4.78 is 5.74. The Labute approximate surface area is 151 Å². The van der Waals surface area contributed by atoms with Crippen LogP contribution < -0.4 is 15.8 Å². The molecule has 25 heavy (non-hydrogen) atoms. The molecular weight excluding hydrogens is 336 g/mol. The van der Waals surface area contributed by atoms with Crippen molar-refractivity contribution in [3.8, 4) is 10.8 Å². The summed E-state index contributed by atoms with van der Waals surface area (Å²) in [6.45, 7) is 4.50. The normalized spacial score (nSPS) is 27.9. The summed E-state index contributed by atoms with van der Waals surface area (Å²) in [6.07, 6.45) is 3.92. The SMILES string of the molecule is C[C@@H]1[C@H](NC(=O)c2ncc(Oc3ccc(N)cc3)s2)C2CCN1CC2. The molecule has 3 aliphatic rings. The quantitative estimate of drug-likeness (QED) is 0.822. The first-order valence-corrected chi connectivity index (χ1v) is 9.46. The van der Waals surface area contributed by atoms with Gasteiger partial charge in [-0.15, -0.1) is 0 Å². The third-order valence-electron chi connectivity index (χ3n) is 5.25. The van der Waals surface area contributed by atoms with Gasteiger partial charge in [-0.2, -0.15) is 0 Å². The number of benzene rings is 1. The second-order valence-electron chi connectivity index (χ2n) is 6.77. The van der Waals surface area contributed by atoms with E-state index in [2.05, 4.69) is 22.1 Å². The molecule has 3 saturated heterocycles. The first-order valence-electron chi connectivity index (χ1n) is 8.64. The molecule has 0 unspecified atom stereocenters. The highest BCUT2D eigenvalue weighted by molar-refractivity contribution is 7.15. The maximum absolute atomic E-state index is 12.6. The van der Waals surface area contributed by atoms with Crippen molar-refractivity contribution in [1.82, 2.24) is 15.2 Å². The minimum Gasteiger partial charge on any atom is -0.445 e. The molecule has 7 heteroatoms. The van der Waals surface area contributed by atoms with Gasteiger partial charge in [-0.25, -0.2) is 4.98 Å². The van der Waals surface area contributed by atoms with Crippen molar-refractivity contribution in [2.75, 3.05) is 18.8 Å². The average Bonchev–Trinajstić information content (AvgIpc) is 3.09. The summed E-state index contributed by atoms with van der Waals surface area (Å²) in [7, 11) is 0. The molecule has 6 nitrogen and oxygen atoms in total. The van der Waals surface area contributed by atoms with Crippen LogP contribution in [-0.2, 0) is 0 Å². The Morgan fingerprint density at radius 3 is 2.72 bits per heavy atom. The highest BCUT2D eigenvalue weighted by Gasteiger charge is 2.40. The van der Waals surface area contributed by atoms with Gasteiger partial charge in [0.15, 0.2) is 5.01 Å². The van der Waals surface area contributed by atoms with Crippen LogP contribution in [0.25, 0.3) is 0 Å². The summed E-state index contributed by atoms with van der Waals surface area (Å²) in [6, 6.07) is 7.74. The summed E-state index contributed by atoms with van der Waals surface area (Å²) >= 11 is 1.26. The van der Waals surface area contributed by atoms with Gasteiger partial charge in [-0.1, -0.05) is 11.3 Å². The number of amides is 1. The molecule has 1 aromatic heterocycles. The third-order valence-corrected chi connectivity index (χ3v) is 6.13. The summed E-state index contributed by atoms with van der Waals surface area (Å²) in [5.41, 5.74) is 6.35. The molecule has 3 N–H and O–H groups in total. The molecular formula is C18H22N4O2S. The number of thiazole rings is 1. The number of nitrogens with one attached hydrogen (secondary N) is 1. The van der Waals surface area contributed by atoms with Crippen LogP contribution >= 0.6 is 11.3 Å². The van der Waals surface area contributed by atoms with Crippen molar-refractivity contribution < 1.29 is 9.53 Å². The molecule has 1 aromatic carbocycles. The van der Waals surface area contributed by atoms with Gasteiger partial charge in [-0.05, 0) is 63.0 Å². The molecule has 0 saturated carbocycles. The van der Waals surface area contributed by atoms with Crippen LogP contribution in [0.2, 0.25) is 0 Å². The van der Waals surface area contributed by atoms with Crippen molar-refractivity contribution in [3.63, 3.8) is 0 Å². The molecule has 2 aromatic rings. The van der Waals surface area contributed by atoms with E-state index in [-0.39, 0.29) is 11.9 Å². The number of rotatable bonds is 4. The Hall–Kier alpha value is -2.12. The standard InChI is InChI=1S/C18H22N4O2S/c1-11-16(12-6-8-22(11)9-7-12)21-17(23)18-20-10-15(25-18)24-14-4-2-13(19)3-5-14/h2-5,10-12,16H,6-9,19H2,1H3,(H,21,23)/t11-,16+/m1/s1. The predicted molar refractivity (Wildman–Crippen MR) is 98.1 cm³/mol. The molecule has 0 radical (unpaired) electrons. The van der Waals surface area contributed by atoms with E-state index in [0.29, 0.717) is 33.5 Å². The van der Waals surface area contributed by atoms with Crippen LogP contribution in [0, 0.1) is 5.92 Å². The number of piperidine rings is 3. The van der Waals surface area contributed by atoms with Gasteiger partial charge in [0.25, 0.3) is 5.91 Å². The van der Waals surface area contributed by atoms with Gasteiger partial charge in [0.1, 0.15) is 5.75 Å². The second kappa shape index (κ2) is 6.65. The lowest BCUT2D eigenvalue weighted by molar-refractivity contribution is 0.0217. The van der Waals surface area contributed by atoms with Crippen molar-refractivity contribution in [1.29, 1.82) is 0 Å². The number of fused-ring (bicyclic) bond motifs is 3. The number of ether oxygens (including phenoxy) is 1. The number of anilines is 1. The van der Waals surface area contributed by atoms with E-state index in [0.717, 1.165) is 13.1 Å². The van der Waals surface area contributed by atoms with E-state index in [9.17, 15) is 4.79 Å². The molecule has 2 bridgehead atoms. The van der Waals surface area contributed by atoms with E-state index in [1.165, 1.54) is 24.2 Å². The van der Waals surface area contributed by atoms with E-state index in [1.807, 2.05) is 0 Å². The number of carbonyl (C=O) groups excluding carboxylic acids is 1. The molecule has 0 spiro atoms. The summed E-state index contributed by atoms with van der Waals surface area (Å²) in [5, 5.41) is 4.23. The Kier molecular flexibility index (Phi) is 4.35. The van der Waals surface area contributed by atoms with Crippen molar-refractivity contribution >= 4 is 22.9 Å². The summed E-state index contributed by atoms with van der Waals surface area (Å²) in [4.78, 5) is 19.3. The number of hydrogen-bond acceptors (Lipinski definition) is 6. The first kappa shape index (κ1) is 16.4. The number of nitrogens with two attached hydrogens (primary N) is 1. The second-order valence-corrected chi connectivity index (χ2v) is 7.76. The van der Waals surface area contributed by atoms with Crippen molar-refractivity contribution in [2.45, 2.75) is 31.8 Å². The van der Waals surface area contributed by atoms with Crippen molar-refractivity contribution in [3.05, 3.63) is 35.5 Å². The topological polar surface area (TPSA) is 80.5 Å². The molecule has 132 valence electrons. The van der Waals surface area contributed by atoms with Crippen LogP contribution in [0.4, 0.5) is 5.69 Å². The van der Waals surface area contributed by atoms with Gasteiger partial charge in [0.05, 0.1) is 6.20 Å². The summed E-state index contributed by atoms with van der Waals surface area (Å²) in [5.74, 6) is 1.15. The molecule has 1 amide bonds. The fourth-order valence-electron chi connectivity index (χ4n) is 3.82. The lowest BCUT2D eigenvalue weighted by Gasteiger charge is -2.49. The molecule has 3 fully saturated rings. The molecule has 5 rings (SSSR count). The Morgan fingerprint density at radius 1 is 1.32 bits per heavy atom. The smallest absolute Gasteiger partial charge is 0.280 e. The third kappa shape index (κ3) is 3.34. The number of aromatic nitrogens is 1. The zero-order valence-electron chi connectivity index (χ0n) is 14.1. The minimum atomic E-state index is -0.109. The Bertz CT molecular complexity index is 751. The van der Waals surface area contributed by atoms with E-state index >= 15 is 0 Å². The van der Waals surface area contributed by atoms with Crippen LogP contribution in [0.1, 0.15) is 29.6 Å². The lowest BCUT2D eigenvalue weighted by Crippen LogP contribution is -2.62. The number of nitrogens with zero attached hydrogens (tertiary/aromatic N) is 2. The van der Waals surface area contributed by atoms with Crippen LogP contribution in [-0.4, -0.2) is 41.0 Å². The van der Waals surface area contributed by atoms with E-state index in [1.54, 1.807) is 30.5 Å². The predicted octanol–water partition coefficient (Wildman–Crippen LogP) is 2.73. The maximum Gasteiger partial charge on any atom is 0.280 e. The van der Waals surface area contributed by atoms with Gasteiger partial charge < -0.3 is 15.8 Å². The van der Waals surface area contributed by atoms with Crippen molar-refractivity contribution in [2.24, 2.45) is 5.92 Å². The monoisotopic (exact) mass is 358 g/mol. The van der Waals surface area contributed by atoms with E-state index < -0.39 is 0 Å². The number of nitrogen functional groups attached to an aromatic ring is 1. The maximum atomic E-state index is 12.6. The highest BCUT2D eigenvalue weighted by atomic mass is 32.1. The molecule has 2 atom stereocenters. The average molecular weight is 358 g/mol. The minimum absolute atomic E-state index is 0.109. The van der Waals surface area contributed by atoms with Crippen LogP contribution in [0.3, 0.4) is 0 Å². The molecule has 3 aliphatic heterocycles. The van der Waals surface area contributed by atoms with Gasteiger partial charge in [-0.3, -0.25) is 9.69 Å². The first-order chi connectivity index (χ1) is 12.1. The zero-order valence-corrected chi connectivity index (χ0v) is 15.0. The molecule has 0 aliphatic carbocycles. The van der Waals surface area contributed by atoms with E-state index in [4.69, 9.17) is 10.5 Å². The number of carbonyl (C=O) groups is 1. The molecule has 4 heterocycles. The van der Waals surface area contributed by atoms with Crippen LogP contribution in [0.5, 0.6) is 10.8 Å². The number of hydrogen-bond donors (Lipinski definition) is 2. The van der Waals surface area contributed by atoms with Crippen LogP contribution in [0.15, 0.2) is 30.5 Å². The fraction of sp³-hybridized carbons (Fsp3) is 0.444. The van der Waals surface area contributed by atoms with Gasteiger partial charge in [0.2, 0.25) is 5.06 Å². The van der Waals surface area contributed by atoms with Gasteiger partial charge in [0, 0.05) is 17.8 Å². The highest BCUT2D eigenvalue weighted by Crippen LogP contribution is 2.33. The zero-order chi connectivity index (χ0) is 17.4. The fourth-order valence-corrected chi connectivity index (χ4v) is 4.51.